The van der Waals surface area contributed by atoms with Crippen molar-refractivity contribution in [2.24, 2.45) is 11.3 Å². The maximum Gasteiger partial charge on any atom is 0.0257 e. The third kappa shape index (κ3) is 8.15. The molecule has 0 saturated carbocycles. The van der Waals surface area contributed by atoms with Gasteiger partial charge in [0.15, 0.2) is 0 Å². The minimum atomic E-state index is -0.916. The highest BCUT2D eigenvalue weighted by Crippen LogP contribution is 2.88. The van der Waals surface area contributed by atoms with E-state index >= 15 is 0 Å². The van der Waals surface area contributed by atoms with Gasteiger partial charge in [-0.1, -0.05) is 121 Å². The Bertz CT molecular complexity index is 390. The molecule has 0 aliphatic heterocycles. The minimum absolute atomic E-state index is 0.343. The molecule has 28 heavy (non-hydrogen) atoms. The minimum Gasteiger partial charge on any atom is -0.0936 e. The van der Waals surface area contributed by atoms with Crippen LogP contribution in [-0.4, -0.2) is 21.5 Å². The first kappa shape index (κ1) is 29.4. The van der Waals surface area contributed by atoms with E-state index in [1.165, 1.54) is 62.9 Å². The van der Waals surface area contributed by atoms with Crippen molar-refractivity contribution >= 4 is 39.5 Å². The molecule has 0 aromatic heterocycles. The quantitative estimate of drug-likeness (QED) is 0.154. The molecule has 0 nitrogen and oxygen atoms in total. The summed E-state index contributed by atoms with van der Waals surface area (Å²) in [6.45, 7) is 24.6. The van der Waals surface area contributed by atoms with Crippen molar-refractivity contribution in [2.45, 2.75) is 131 Å². The SMILES string of the molecule is CCCCSS(SCC(CC)CC)(SC(CC)CCC)C(C)(C)C(C)(C)CC. The summed E-state index contributed by atoms with van der Waals surface area (Å²) >= 11 is 0. The summed E-state index contributed by atoms with van der Waals surface area (Å²) in [4.78, 5) is 0. The molecule has 0 bridgehead atoms. The molecule has 2 unspecified atom stereocenters. The van der Waals surface area contributed by atoms with Crippen LogP contribution < -0.4 is 0 Å². The maximum absolute atomic E-state index is 2.62. The third-order valence-corrected chi connectivity index (χ3v) is 24.4. The Balaban J connectivity index is 6.07. The van der Waals surface area contributed by atoms with E-state index in [2.05, 4.69) is 102 Å². The molecule has 0 rings (SSSR count). The predicted molar refractivity (Wildman–Crippen MR) is 146 cm³/mol. The molecule has 0 radical (unpaired) electrons. The predicted octanol–water partition coefficient (Wildman–Crippen LogP) is 10.8. The molecule has 172 valence electrons. The van der Waals surface area contributed by atoms with Crippen LogP contribution in [0.2, 0.25) is 0 Å². The highest BCUT2D eigenvalue weighted by molar-refractivity contribution is 9.48. The van der Waals surface area contributed by atoms with Gasteiger partial charge >= 0.3 is 0 Å². The lowest BCUT2D eigenvalue weighted by atomic mass is 9.78. The molecule has 0 N–H and O–H groups in total. The summed E-state index contributed by atoms with van der Waals surface area (Å²) in [5, 5.41) is 0.815. The van der Waals surface area contributed by atoms with Crippen molar-refractivity contribution < 1.29 is 0 Å². The summed E-state index contributed by atoms with van der Waals surface area (Å²) in [7, 11) is 6.31. The molecule has 0 saturated heterocycles. The van der Waals surface area contributed by atoms with Gasteiger partial charge in [-0.15, -0.1) is 0 Å². The van der Waals surface area contributed by atoms with Crippen LogP contribution in [0.15, 0.2) is 0 Å². The zero-order valence-corrected chi connectivity index (χ0v) is 24.1. The van der Waals surface area contributed by atoms with Gasteiger partial charge < -0.3 is 0 Å². The van der Waals surface area contributed by atoms with Crippen molar-refractivity contribution in [1.82, 2.24) is 0 Å². The van der Waals surface area contributed by atoms with Gasteiger partial charge in [0.05, 0.1) is 0 Å². The summed E-state index contributed by atoms with van der Waals surface area (Å²) in [5.41, 5.74) is 0.361. The second-order valence-corrected chi connectivity index (χ2v) is 21.7. The van der Waals surface area contributed by atoms with Gasteiger partial charge in [0.1, 0.15) is 0 Å². The normalized spacial score (nSPS) is 17.5. The number of hydrogen-bond acceptors (Lipinski definition) is 3. The first-order valence-electron chi connectivity index (χ1n) is 11.9. The Morgan fingerprint density at radius 1 is 0.786 bits per heavy atom. The maximum atomic E-state index is 2.62. The fourth-order valence-electron chi connectivity index (χ4n) is 3.11. The Labute approximate surface area is 192 Å². The van der Waals surface area contributed by atoms with Crippen molar-refractivity contribution in [3.8, 4) is 0 Å². The van der Waals surface area contributed by atoms with Gasteiger partial charge in [0.2, 0.25) is 0 Å². The molecule has 0 aliphatic carbocycles. The molecular formula is C24H52S4. The van der Waals surface area contributed by atoms with E-state index in [0.717, 1.165) is 11.2 Å². The highest BCUT2D eigenvalue weighted by Gasteiger charge is 2.51. The Hall–Kier alpha value is 1.40. The van der Waals surface area contributed by atoms with Crippen LogP contribution in [0.3, 0.4) is 0 Å². The van der Waals surface area contributed by atoms with E-state index < -0.39 is 7.12 Å². The molecule has 0 fully saturated rings. The number of rotatable bonds is 17. The van der Waals surface area contributed by atoms with Crippen LogP contribution in [0.25, 0.3) is 0 Å². The van der Waals surface area contributed by atoms with Gasteiger partial charge in [0, 0.05) is 21.5 Å². The van der Waals surface area contributed by atoms with Crippen LogP contribution in [0.1, 0.15) is 121 Å². The fourth-order valence-corrected chi connectivity index (χ4v) is 22.0. The topological polar surface area (TPSA) is 0 Å². The zero-order chi connectivity index (χ0) is 21.8. The van der Waals surface area contributed by atoms with Crippen molar-refractivity contribution in [1.29, 1.82) is 0 Å². The Kier molecular flexibility index (Phi) is 15.2. The average molecular weight is 469 g/mol. The molecule has 0 heterocycles. The first-order chi connectivity index (χ1) is 13.1. The molecule has 0 aliphatic rings. The van der Waals surface area contributed by atoms with Crippen LogP contribution in [-0.2, 0) is 0 Å². The van der Waals surface area contributed by atoms with Gasteiger partial charge in [-0.25, -0.2) is 0 Å². The van der Waals surface area contributed by atoms with Gasteiger partial charge in [-0.3, -0.25) is 0 Å². The summed E-state index contributed by atoms with van der Waals surface area (Å²) in [6.07, 6.45) is 10.6. The van der Waals surface area contributed by atoms with Crippen LogP contribution in [0.4, 0.5) is 0 Å². The fraction of sp³-hybridized carbons (Fsp3) is 1.00. The van der Waals surface area contributed by atoms with E-state index in [9.17, 15) is 0 Å². The first-order valence-corrected chi connectivity index (χ1v) is 17.9. The summed E-state index contributed by atoms with van der Waals surface area (Å²) in [5.74, 6) is 3.55. The monoisotopic (exact) mass is 468 g/mol. The standard InChI is InChI=1S/C24H52S4/c1-11-17-19-25-28(26-20-21(13-3)14-4,27-22(15-5)18-12-2)24(9,10)23(7,8)16-6/h21-22H,11-20H2,1-10H3. The van der Waals surface area contributed by atoms with Crippen molar-refractivity contribution in [2.75, 3.05) is 11.5 Å². The Morgan fingerprint density at radius 2 is 1.39 bits per heavy atom. The van der Waals surface area contributed by atoms with E-state index in [-0.39, 0.29) is 0 Å². The molecule has 0 aromatic carbocycles. The molecule has 0 amide bonds. The lowest BCUT2D eigenvalue weighted by Gasteiger charge is -2.58. The van der Waals surface area contributed by atoms with E-state index in [1.807, 2.05) is 0 Å². The number of unbranched alkanes of at least 4 members (excludes halogenated alkanes) is 1. The van der Waals surface area contributed by atoms with E-state index in [0.29, 0.717) is 10.2 Å². The van der Waals surface area contributed by atoms with Gasteiger partial charge in [-0.05, 0) is 50.9 Å². The second kappa shape index (κ2) is 14.5. The molecular weight excluding hydrogens is 417 g/mol. The van der Waals surface area contributed by atoms with Gasteiger partial charge in [0.25, 0.3) is 0 Å². The van der Waals surface area contributed by atoms with E-state index in [4.69, 9.17) is 0 Å². The highest BCUT2D eigenvalue weighted by atomic mass is 33.8. The smallest absolute Gasteiger partial charge is 0.0257 e. The lowest BCUT2D eigenvalue weighted by molar-refractivity contribution is 0.272. The zero-order valence-electron chi connectivity index (χ0n) is 20.9. The van der Waals surface area contributed by atoms with Crippen LogP contribution in [0.5, 0.6) is 0 Å². The summed E-state index contributed by atoms with van der Waals surface area (Å²) in [6, 6.07) is 0. The average Bonchev–Trinajstić information content (AvgIpc) is 2.67. The third-order valence-electron chi connectivity index (χ3n) is 6.82. The van der Waals surface area contributed by atoms with Crippen LogP contribution >= 0.6 is 39.5 Å². The summed E-state index contributed by atoms with van der Waals surface area (Å²) < 4.78 is 0.343. The number of hydrogen-bond donors (Lipinski definition) is 0. The molecule has 0 spiro atoms. The molecule has 4 heteroatoms. The lowest BCUT2D eigenvalue weighted by Crippen LogP contribution is -2.41. The van der Waals surface area contributed by atoms with E-state index in [1.54, 1.807) is 0 Å². The second-order valence-electron chi connectivity index (χ2n) is 9.26. The van der Waals surface area contributed by atoms with Gasteiger partial charge in [-0.2, -0.15) is 0 Å². The van der Waals surface area contributed by atoms with Crippen LogP contribution in [0, 0.1) is 11.3 Å². The Morgan fingerprint density at radius 3 is 1.82 bits per heavy atom. The largest absolute Gasteiger partial charge is 0.0936 e. The molecule has 0 aromatic rings. The molecule has 2 atom stereocenters. The van der Waals surface area contributed by atoms with Crippen molar-refractivity contribution in [3.63, 3.8) is 0 Å². The van der Waals surface area contributed by atoms with Crippen molar-refractivity contribution in [3.05, 3.63) is 0 Å².